The smallest absolute Gasteiger partial charge is 0.328 e. The molecule has 1 fully saturated rings. The maximum atomic E-state index is 12.4. The molecule has 0 heterocycles. The third kappa shape index (κ3) is 3.26. The molecule has 0 aliphatic heterocycles. The van der Waals surface area contributed by atoms with E-state index >= 15 is 0 Å². The highest BCUT2D eigenvalue weighted by atomic mass is 19.4. The van der Waals surface area contributed by atoms with Gasteiger partial charge in [-0.2, -0.15) is 26.3 Å². The Balaban J connectivity index is 2.85. The third-order valence-electron chi connectivity index (χ3n) is 2.93. The number of halogens is 6. The van der Waals surface area contributed by atoms with Gasteiger partial charge in [0.2, 0.25) is 0 Å². The van der Waals surface area contributed by atoms with Crippen LogP contribution >= 0.6 is 0 Å². The van der Waals surface area contributed by atoms with Gasteiger partial charge in [-0.3, -0.25) is 0 Å². The molecule has 0 aromatic rings. The van der Waals surface area contributed by atoms with Crippen LogP contribution in [0.1, 0.15) is 25.7 Å². The molecule has 1 aliphatic carbocycles. The van der Waals surface area contributed by atoms with E-state index in [9.17, 15) is 26.3 Å². The average Bonchev–Trinajstić information content (AvgIpc) is 1.97. The largest absolute Gasteiger partial charge is 0.400 e. The quantitative estimate of drug-likeness (QED) is 0.709. The number of hydrogen-bond acceptors (Lipinski definition) is 1. The van der Waals surface area contributed by atoms with E-state index in [1.54, 1.807) is 0 Å². The van der Waals surface area contributed by atoms with Crippen molar-refractivity contribution in [1.29, 1.82) is 0 Å². The van der Waals surface area contributed by atoms with Crippen LogP contribution in [0.3, 0.4) is 0 Å². The van der Waals surface area contributed by atoms with Gasteiger partial charge >= 0.3 is 12.4 Å². The fourth-order valence-electron chi connectivity index (χ4n) is 2.29. The average molecular weight is 249 g/mol. The molecule has 0 aromatic carbocycles. The summed E-state index contributed by atoms with van der Waals surface area (Å²) in [7, 11) is 0. The van der Waals surface area contributed by atoms with Crippen molar-refractivity contribution < 1.29 is 26.3 Å². The molecule has 2 N–H and O–H groups in total. The molecule has 2 unspecified atom stereocenters. The molecule has 0 aromatic heterocycles. The van der Waals surface area contributed by atoms with Crippen LogP contribution in [0.5, 0.6) is 0 Å². The highest BCUT2D eigenvalue weighted by molar-refractivity contribution is 4.87. The van der Waals surface area contributed by atoms with Crippen molar-refractivity contribution in [2.45, 2.75) is 44.1 Å². The first kappa shape index (κ1) is 13.6. The first-order valence-corrected chi connectivity index (χ1v) is 5.01. The number of rotatable bonds is 1. The number of nitrogens with two attached hydrogens (primary N) is 1. The first-order chi connectivity index (χ1) is 7.12. The summed E-state index contributed by atoms with van der Waals surface area (Å²) in [6, 6.07) is -0.550. The van der Waals surface area contributed by atoms with Gasteiger partial charge in [-0.05, 0) is 25.2 Å². The summed E-state index contributed by atoms with van der Waals surface area (Å²) in [4.78, 5) is 0. The van der Waals surface area contributed by atoms with E-state index in [-0.39, 0.29) is 12.8 Å². The van der Waals surface area contributed by atoms with Crippen molar-refractivity contribution in [3.63, 3.8) is 0 Å². The third-order valence-corrected chi connectivity index (χ3v) is 2.93. The fourth-order valence-corrected chi connectivity index (χ4v) is 2.29. The Hall–Kier alpha value is -0.460. The van der Waals surface area contributed by atoms with Crippen molar-refractivity contribution >= 4 is 0 Å². The second kappa shape index (κ2) is 4.43. The van der Waals surface area contributed by atoms with Gasteiger partial charge in [0.05, 0.1) is 0 Å². The summed E-state index contributed by atoms with van der Waals surface area (Å²) in [6.45, 7) is 0. The molecule has 2 atom stereocenters. The maximum Gasteiger partial charge on any atom is 0.400 e. The van der Waals surface area contributed by atoms with Gasteiger partial charge < -0.3 is 5.73 Å². The van der Waals surface area contributed by atoms with Crippen LogP contribution in [-0.4, -0.2) is 18.4 Å². The van der Waals surface area contributed by atoms with Crippen LogP contribution in [0.4, 0.5) is 26.3 Å². The van der Waals surface area contributed by atoms with Crippen LogP contribution in [-0.2, 0) is 0 Å². The van der Waals surface area contributed by atoms with E-state index in [2.05, 4.69) is 0 Å². The molecule has 1 nitrogen and oxygen atoms in total. The second-order valence-corrected chi connectivity index (χ2v) is 4.25. The van der Waals surface area contributed by atoms with Crippen LogP contribution < -0.4 is 5.73 Å². The molecule has 0 spiro atoms. The lowest BCUT2D eigenvalue weighted by atomic mass is 9.77. The Morgan fingerprint density at radius 3 is 1.81 bits per heavy atom. The van der Waals surface area contributed by atoms with E-state index in [1.807, 2.05) is 0 Å². The number of alkyl halides is 6. The molecule has 0 radical (unpaired) electrons. The molecule has 1 saturated carbocycles. The van der Waals surface area contributed by atoms with E-state index < -0.39 is 30.2 Å². The van der Waals surface area contributed by atoms with Crippen molar-refractivity contribution in [2.75, 3.05) is 0 Å². The van der Waals surface area contributed by atoms with Gasteiger partial charge in [-0.25, -0.2) is 0 Å². The predicted octanol–water partition coefficient (Wildman–Crippen LogP) is 3.24. The molecule has 7 heteroatoms. The van der Waals surface area contributed by atoms with E-state index in [1.165, 1.54) is 0 Å². The first-order valence-electron chi connectivity index (χ1n) is 5.01. The molecular weight excluding hydrogens is 236 g/mol. The summed E-state index contributed by atoms with van der Waals surface area (Å²) < 4.78 is 74.2. The van der Waals surface area contributed by atoms with Crippen molar-refractivity contribution in [3.8, 4) is 0 Å². The SMILES string of the molecule is NC1CCCC(C(C(F)(F)F)C(F)(F)F)C1. The Kier molecular flexibility index (Phi) is 3.76. The van der Waals surface area contributed by atoms with Crippen molar-refractivity contribution in [3.05, 3.63) is 0 Å². The zero-order chi connectivity index (χ0) is 12.6. The summed E-state index contributed by atoms with van der Waals surface area (Å²) in [6.07, 6.45) is -9.91. The Labute approximate surface area is 89.0 Å². The van der Waals surface area contributed by atoms with Gasteiger partial charge in [-0.1, -0.05) is 6.42 Å². The normalized spacial score (nSPS) is 28.5. The van der Waals surface area contributed by atoms with Crippen molar-refractivity contribution in [1.82, 2.24) is 0 Å². The molecule has 0 amide bonds. The second-order valence-electron chi connectivity index (χ2n) is 4.25. The minimum atomic E-state index is -5.24. The molecule has 1 aliphatic rings. The van der Waals surface area contributed by atoms with Gasteiger partial charge in [0.15, 0.2) is 5.92 Å². The lowest BCUT2D eigenvalue weighted by Crippen LogP contribution is -2.45. The molecule has 16 heavy (non-hydrogen) atoms. The van der Waals surface area contributed by atoms with Crippen LogP contribution in [0.25, 0.3) is 0 Å². The topological polar surface area (TPSA) is 26.0 Å². The van der Waals surface area contributed by atoms with Crippen LogP contribution in [0.15, 0.2) is 0 Å². The predicted molar refractivity (Wildman–Crippen MR) is 45.5 cm³/mol. The Bertz CT molecular complexity index is 219. The van der Waals surface area contributed by atoms with Gasteiger partial charge in [0.1, 0.15) is 0 Å². The van der Waals surface area contributed by atoms with Crippen LogP contribution in [0, 0.1) is 11.8 Å². The van der Waals surface area contributed by atoms with Crippen LogP contribution in [0.2, 0.25) is 0 Å². The standard InChI is InChI=1S/C9H13F6N/c10-8(11,12)7(9(13,14)15)5-2-1-3-6(16)4-5/h5-7H,1-4,16H2. The molecule has 0 saturated heterocycles. The zero-order valence-electron chi connectivity index (χ0n) is 8.41. The van der Waals surface area contributed by atoms with Gasteiger partial charge in [-0.15, -0.1) is 0 Å². The zero-order valence-corrected chi connectivity index (χ0v) is 8.41. The summed E-state index contributed by atoms with van der Waals surface area (Å²) in [5, 5.41) is 0. The van der Waals surface area contributed by atoms with Crippen molar-refractivity contribution in [2.24, 2.45) is 17.6 Å². The Morgan fingerprint density at radius 2 is 1.44 bits per heavy atom. The highest BCUT2D eigenvalue weighted by Gasteiger charge is 2.60. The fraction of sp³-hybridized carbons (Fsp3) is 1.00. The minimum absolute atomic E-state index is 0.0581. The minimum Gasteiger partial charge on any atom is -0.328 e. The number of hydrogen-bond donors (Lipinski definition) is 1. The molecule has 1 rings (SSSR count). The van der Waals surface area contributed by atoms with E-state index in [0.717, 1.165) is 0 Å². The molecule has 96 valence electrons. The summed E-state index contributed by atoms with van der Waals surface area (Å²) >= 11 is 0. The lowest BCUT2D eigenvalue weighted by Gasteiger charge is -2.35. The van der Waals surface area contributed by atoms with E-state index in [4.69, 9.17) is 5.73 Å². The summed E-state index contributed by atoms with van der Waals surface area (Å²) in [5.74, 6) is -4.66. The van der Waals surface area contributed by atoms with E-state index in [0.29, 0.717) is 12.8 Å². The monoisotopic (exact) mass is 249 g/mol. The molecule has 0 bridgehead atoms. The maximum absolute atomic E-state index is 12.4. The highest BCUT2D eigenvalue weighted by Crippen LogP contribution is 2.47. The van der Waals surface area contributed by atoms with Gasteiger partial charge in [0, 0.05) is 6.04 Å². The molecular formula is C9H13F6N. The Morgan fingerprint density at radius 1 is 0.938 bits per heavy atom. The lowest BCUT2D eigenvalue weighted by molar-refractivity contribution is -0.301. The summed E-state index contributed by atoms with van der Waals surface area (Å²) in [5.41, 5.74) is 5.41. The van der Waals surface area contributed by atoms with Gasteiger partial charge in [0.25, 0.3) is 0 Å².